The van der Waals surface area contributed by atoms with E-state index < -0.39 is 21.8 Å². The minimum atomic E-state index is -3.30. The number of hydrogen-bond donors (Lipinski definition) is 0. The first-order valence-corrected chi connectivity index (χ1v) is 10.8. The second kappa shape index (κ2) is 6.50. The van der Waals surface area contributed by atoms with E-state index in [0.717, 1.165) is 16.5 Å². The normalized spacial score (nSPS) is 17.3. The largest absolute Gasteiger partial charge is 0.485 e. The van der Waals surface area contributed by atoms with Gasteiger partial charge in [0.25, 0.3) is 5.91 Å². The number of sulfone groups is 1. The first kappa shape index (κ1) is 17.7. The molecule has 2 aromatic carbocycles. The minimum absolute atomic E-state index is 0.0895. The van der Waals surface area contributed by atoms with E-state index in [4.69, 9.17) is 9.47 Å². The van der Waals surface area contributed by atoms with Crippen LogP contribution >= 0.6 is 11.3 Å². The van der Waals surface area contributed by atoms with E-state index in [1.807, 2.05) is 6.07 Å². The third kappa shape index (κ3) is 3.35. The Hall–Kier alpha value is -2.65. The van der Waals surface area contributed by atoms with Crippen LogP contribution in [0.3, 0.4) is 0 Å². The zero-order valence-electron chi connectivity index (χ0n) is 14.6. The van der Waals surface area contributed by atoms with Crippen molar-refractivity contribution in [2.45, 2.75) is 11.0 Å². The van der Waals surface area contributed by atoms with Crippen LogP contribution in [0, 0.1) is 0 Å². The third-order valence-corrected chi connectivity index (χ3v) is 6.40. The average Bonchev–Trinajstić information content (AvgIpc) is 2.95. The molecule has 27 heavy (non-hydrogen) atoms. The van der Waals surface area contributed by atoms with E-state index in [0.29, 0.717) is 16.3 Å². The van der Waals surface area contributed by atoms with Crippen LogP contribution in [0.2, 0.25) is 0 Å². The van der Waals surface area contributed by atoms with Gasteiger partial charge in [0.05, 0.1) is 15.1 Å². The molecule has 1 aliphatic heterocycles. The maximum atomic E-state index is 12.6. The second-order valence-corrected chi connectivity index (χ2v) is 9.18. The van der Waals surface area contributed by atoms with Crippen molar-refractivity contribution in [3.63, 3.8) is 0 Å². The highest BCUT2D eigenvalue weighted by molar-refractivity contribution is 7.90. The predicted molar refractivity (Wildman–Crippen MR) is 101 cm³/mol. The Labute approximate surface area is 159 Å². The number of hydrogen-bond acceptors (Lipinski definition) is 6. The lowest BCUT2D eigenvalue weighted by Gasteiger charge is -2.23. The van der Waals surface area contributed by atoms with E-state index >= 15 is 0 Å². The van der Waals surface area contributed by atoms with Gasteiger partial charge in [-0.15, -0.1) is 0 Å². The Balaban J connectivity index is 1.68. The average molecular weight is 404 g/mol. The first-order chi connectivity index (χ1) is 12.8. The van der Waals surface area contributed by atoms with E-state index in [1.165, 1.54) is 11.3 Å². The van der Waals surface area contributed by atoms with Crippen LogP contribution in [0.5, 0.6) is 11.5 Å². The summed E-state index contributed by atoms with van der Waals surface area (Å²) >= 11 is 1.25. The maximum absolute atomic E-state index is 12.6. The van der Waals surface area contributed by atoms with Gasteiger partial charge in [0.1, 0.15) is 6.61 Å². The number of nitrogens with zero attached hydrogens (tertiary/aromatic N) is 2. The Morgan fingerprint density at radius 1 is 1.22 bits per heavy atom. The number of thiazole rings is 1. The minimum Gasteiger partial charge on any atom is -0.485 e. The van der Waals surface area contributed by atoms with Crippen molar-refractivity contribution in [3.05, 3.63) is 47.3 Å². The molecule has 0 saturated carbocycles. The van der Waals surface area contributed by atoms with Crippen LogP contribution in [0.4, 0.5) is 0 Å². The standard InChI is InChI=1S/C18H16N2O5S2/c1-20-12-8-7-11(27(2,22)23)9-16(12)26-18(20)19-17(21)15-10-24-13-5-3-4-6-14(13)25-15/h3-9,15H,10H2,1-2H3. The number of carbonyl (C=O) groups is 1. The molecule has 0 bridgehead atoms. The lowest BCUT2D eigenvalue weighted by atomic mass is 10.2. The molecule has 0 aliphatic carbocycles. The van der Waals surface area contributed by atoms with Crippen LogP contribution in [-0.2, 0) is 21.7 Å². The molecule has 1 aliphatic rings. The number of amides is 1. The van der Waals surface area contributed by atoms with Gasteiger partial charge in [-0.3, -0.25) is 4.79 Å². The van der Waals surface area contributed by atoms with E-state index in [9.17, 15) is 13.2 Å². The summed E-state index contributed by atoms with van der Waals surface area (Å²) < 4.78 is 37.2. The smallest absolute Gasteiger partial charge is 0.292 e. The molecule has 1 unspecified atom stereocenters. The molecule has 0 N–H and O–H groups in total. The summed E-state index contributed by atoms with van der Waals surface area (Å²) in [5, 5.41) is 0. The van der Waals surface area contributed by atoms with Crippen LogP contribution in [0.15, 0.2) is 52.4 Å². The lowest BCUT2D eigenvalue weighted by molar-refractivity contribution is -0.127. The number of rotatable bonds is 2. The topological polar surface area (TPSA) is 87.0 Å². The monoisotopic (exact) mass is 404 g/mol. The molecule has 1 aromatic heterocycles. The highest BCUT2D eigenvalue weighted by Crippen LogP contribution is 2.31. The number of aromatic nitrogens is 1. The summed E-state index contributed by atoms with van der Waals surface area (Å²) in [4.78, 5) is 17.4. The van der Waals surface area contributed by atoms with Crippen molar-refractivity contribution >= 4 is 37.3 Å². The molecule has 0 fully saturated rings. The van der Waals surface area contributed by atoms with Gasteiger partial charge in [-0.05, 0) is 30.3 Å². The summed E-state index contributed by atoms with van der Waals surface area (Å²) in [5.74, 6) is 0.660. The van der Waals surface area contributed by atoms with Crippen LogP contribution in [0.25, 0.3) is 10.2 Å². The van der Waals surface area contributed by atoms with Gasteiger partial charge >= 0.3 is 0 Å². The summed E-state index contributed by atoms with van der Waals surface area (Å²) in [6, 6.07) is 12.0. The van der Waals surface area contributed by atoms with Crippen LogP contribution in [-0.4, -0.2) is 37.9 Å². The maximum Gasteiger partial charge on any atom is 0.292 e. The molecule has 1 atom stereocenters. The summed E-state index contributed by atoms with van der Waals surface area (Å²) in [5.41, 5.74) is 0.796. The molecule has 9 heteroatoms. The van der Waals surface area contributed by atoms with Gasteiger partial charge in [0.2, 0.25) is 6.10 Å². The number of fused-ring (bicyclic) bond motifs is 2. The summed E-state index contributed by atoms with van der Waals surface area (Å²) in [6.07, 6.45) is 0.339. The Morgan fingerprint density at radius 3 is 2.70 bits per heavy atom. The quantitative estimate of drug-likeness (QED) is 0.651. The molecular formula is C18H16N2O5S2. The molecule has 1 amide bonds. The molecule has 3 aromatic rings. The highest BCUT2D eigenvalue weighted by Gasteiger charge is 2.27. The molecular weight excluding hydrogens is 388 g/mol. The Kier molecular flexibility index (Phi) is 4.27. The van der Waals surface area contributed by atoms with Crippen LogP contribution in [0.1, 0.15) is 0 Å². The van der Waals surface area contributed by atoms with E-state index in [-0.39, 0.29) is 11.5 Å². The van der Waals surface area contributed by atoms with E-state index in [2.05, 4.69) is 4.99 Å². The summed E-state index contributed by atoms with van der Waals surface area (Å²) in [7, 11) is -1.53. The molecule has 7 nitrogen and oxygen atoms in total. The SMILES string of the molecule is Cn1c(=NC(=O)C2COc3ccccc3O2)sc2cc(S(C)(=O)=O)ccc21. The van der Waals surface area contributed by atoms with Gasteiger partial charge in [-0.2, -0.15) is 4.99 Å². The number of aryl methyl sites for hydroxylation is 1. The molecule has 0 spiro atoms. The lowest BCUT2D eigenvalue weighted by Crippen LogP contribution is -2.36. The fourth-order valence-corrected chi connectivity index (χ4v) is 4.54. The van der Waals surface area contributed by atoms with Crippen LogP contribution < -0.4 is 14.3 Å². The third-order valence-electron chi connectivity index (χ3n) is 4.20. The van der Waals surface area contributed by atoms with Gasteiger partial charge in [-0.25, -0.2) is 8.42 Å². The van der Waals surface area contributed by atoms with E-state index in [1.54, 1.807) is 48.0 Å². The Bertz CT molecular complexity index is 1220. The number of benzene rings is 2. The predicted octanol–water partition coefficient (Wildman–Crippen LogP) is 1.91. The molecule has 4 rings (SSSR count). The second-order valence-electron chi connectivity index (χ2n) is 6.16. The van der Waals surface area contributed by atoms with Crippen molar-refractivity contribution in [2.24, 2.45) is 12.0 Å². The van der Waals surface area contributed by atoms with Crippen molar-refractivity contribution in [2.75, 3.05) is 12.9 Å². The van der Waals surface area contributed by atoms with Crippen molar-refractivity contribution in [3.8, 4) is 11.5 Å². The Morgan fingerprint density at radius 2 is 1.96 bits per heavy atom. The molecule has 0 radical (unpaired) electrons. The number of carbonyl (C=O) groups excluding carboxylic acids is 1. The fourth-order valence-electron chi connectivity index (χ4n) is 2.76. The van der Waals surface area contributed by atoms with Gasteiger partial charge in [0.15, 0.2) is 26.1 Å². The molecule has 0 saturated heterocycles. The van der Waals surface area contributed by atoms with Gasteiger partial charge in [-0.1, -0.05) is 23.5 Å². The number of para-hydroxylation sites is 2. The van der Waals surface area contributed by atoms with Gasteiger partial charge < -0.3 is 14.0 Å². The molecule has 140 valence electrons. The van der Waals surface area contributed by atoms with Crippen molar-refractivity contribution in [1.29, 1.82) is 0 Å². The molecule has 2 heterocycles. The van der Waals surface area contributed by atoms with Crippen molar-refractivity contribution < 1.29 is 22.7 Å². The fraction of sp³-hybridized carbons (Fsp3) is 0.222. The highest BCUT2D eigenvalue weighted by atomic mass is 32.2. The zero-order chi connectivity index (χ0) is 19.2. The van der Waals surface area contributed by atoms with Crippen molar-refractivity contribution in [1.82, 2.24) is 4.57 Å². The first-order valence-electron chi connectivity index (χ1n) is 8.09. The van der Waals surface area contributed by atoms with Gasteiger partial charge in [0, 0.05) is 13.3 Å². The zero-order valence-corrected chi connectivity index (χ0v) is 16.2. The number of ether oxygens (including phenoxy) is 2. The summed E-state index contributed by atoms with van der Waals surface area (Å²) in [6.45, 7) is 0.0895.